The van der Waals surface area contributed by atoms with Crippen molar-refractivity contribution in [3.8, 4) is 0 Å². The SMILES string of the molecule is c1ccc(Cc2nnc3n2CCN(c2ccnc4[nH]ncc24)C3)cc1. The molecule has 0 atom stereocenters. The van der Waals surface area contributed by atoms with E-state index in [1.807, 2.05) is 24.5 Å². The summed E-state index contributed by atoms with van der Waals surface area (Å²) >= 11 is 0. The van der Waals surface area contributed by atoms with Gasteiger partial charge in [0, 0.05) is 25.7 Å². The Morgan fingerprint density at radius 1 is 1.04 bits per heavy atom. The summed E-state index contributed by atoms with van der Waals surface area (Å²) in [6, 6.07) is 12.4. The van der Waals surface area contributed by atoms with Crippen molar-refractivity contribution in [3.05, 3.63) is 66.0 Å². The van der Waals surface area contributed by atoms with E-state index < -0.39 is 0 Å². The van der Waals surface area contributed by atoms with E-state index in [0.29, 0.717) is 0 Å². The second-order valence-electron chi connectivity index (χ2n) is 6.23. The second kappa shape index (κ2) is 5.70. The van der Waals surface area contributed by atoms with Gasteiger partial charge in [0.05, 0.1) is 23.8 Å². The lowest BCUT2D eigenvalue weighted by molar-refractivity contribution is 0.547. The Morgan fingerprint density at radius 2 is 1.96 bits per heavy atom. The van der Waals surface area contributed by atoms with Crippen molar-refractivity contribution in [2.24, 2.45) is 0 Å². The van der Waals surface area contributed by atoms with Crippen LogP contribution in [0.4, 0.5) is 5.69 Å². The summed E-state index contributed by atoms with van der Waals surface area (Å²) in [4.78, 5) is 6.63. The molecule has 0 aliphatic carbocycles. The highest BCUT2D eigenvalue weighted by Crippen LogP contribution is 2.27. The van der Waals surface area contributed by atoms with E-state index in [1.165, 1.54) is 5.56 Å². The van der Waals surface area contributed by atoms with Crippen LogP contribution in [0.15, 0.2) is 48.8 Å². The summed E-state index contributed by atoms with van der Waals surface area (Å²) in [6.07, 6.45) is 4.46. The molecule has 1 aliphatic rings. The van der Waals surface area contributed by atoms with Crippen molar-refractivity contribution in [2.75, 3.05) is 11.4 Å². The minimum absolute atomic E-state index is 0.742. The summed E-state index contributed by atoms with van der Waals surface area (Å²) in [5.41, 5.74) is 3.21. The molecule has 1 N–H and O–H groups in total. The summed E-state index contributed by atoms with van der Waals surface area (Å²) in [6.45, 7) is 2.54. The molecule has 0 fully saturated rings. The van der Waals surface area contributed by atoms with Gasteiger partial charge in [-0.1, -0.05) is 30.3 Å². The van der Waals surface area contributed by atoms with Crippen molar-refractivity contribution in [1.82, 2.24) is 29.9 Å². The van der Waals surface area contributed by atoms with Crippen LogP contribution in [0.25, 0.3) is 11.0 Å². The van der Waals surface area contributed by atoms with E-state index in [9.17, 15) is 0 Å². The van der Waals surface area contributed by atoms with Crippen LogP contribution in [0.3, 0.4) is 0 Å². The Bertz CT molecular complexity index is 1020. The topological polar surface area (TPSA) is 75.5 Å². The Hall–Kier alpha value is -3.22. The summed E-state index contributed by atoms with van der Waals surface area (Å²) in [5, 5.41) is 16.9. The van der Waals surface area contributed by atoms with Gasteiger partial charge in [0.25, 0.3) is 0 Å². The number of H-pyrrole nitrogens is 1. The maximum Gasteiger partial charge on any atom is 0.157 e. The average molecular weight is 331 g/mol. The number of nitrogens with zero attached hydrogens (tertiary/aromatic N) is 6. The van der Waals surface area contributed by atoms with Gasteiger partial charge in [-0.3, -0.25) is 5.10 Å². The van der Waals surface area contributed by atoms with E-state index >= 15 is 0 Å². The van der Waals surface area contributed by atoms with Gasteiger partial charge in [-0.15, -0.1) is 10.2 Å². The monoisotopic (exact) mass is 331 g/mol. The molecule has 7 nitrogen and oxygen atoms in total. The summed E-state index contributed by atoms with van der Waals surface area (Å²) in [7, 11) is 0. The first-order chi connectivity index (χ1) is 12.4. The number of nitrogens with one attached hydrogen (secondary N) is 1. The van der Waals surface area contributed by atoms with Crippen LogP contribution in [-0.4, -0.2) is 36.5 Å². The minimum Gasteiger partial charge on any atom is -0.361 e. The van der Waals surface area contributed by atoms with Crippen molar-refractivity contribution in [3.63, 3.8) is 0 Å². The third-order valence-electron chi connectivity index (χ3n) is 4.71. The van der Waals surface area contributed by atoms with E-state index in [1.54, 1.807) is 0 Å². The fourth-order valence-corrected chi connectivity index (χ4v) is 3.45. The molecule has 0 saturated carbocycles. The first kappa shape index (κ1) is 14.2. The van der Waals surface area contributed by atoms with Crippen LogP contribution in [-0.2, 0) is 19.5 Å². The first-order valence-electron chi connectivity index (χ1n) is 8.36. The number of aromatic nitrogens is 6. The van der Waals surface area contributed by atoms with Crippen LogP contribution >= 0.6 is 0 Å². The molecular weight excluding hydrogens is 314 g/mol. The maximum atomic E-state index is 4.43. The predicted molar refractivity (Wildman–Crippen MR) is 94.2 cm³/mol. The zero-order valence-corrected chi connectivity index (χ0v) is 13.6. The van der Waals surface area contributed by atoms with Gasteiger partial charge in [0.15, 0.2) is 11.5 Å². The zero-order chi connectivity index (χ0) is 16.6. The summed E-state index contributed by atoms with van der Waals surface area (Å²) < 4.78 is 2.25. The predicted octanol–water partition coefficient (Wildman–Crippen LogP) is 2.16. The molecule has 0 amide bonds. The second-order valence-corrected chi connectivity index (χ2v) is 6.23. The lowest BCUT2D eigenvalue weighted by Gasteiger charge is -2.30. The molecule has 7 heteroatoms. The van der Waals surface area contributed by atoms with E-state index in [2.05, 4.69) is 59.1 Å². The number of anilines is 1. The largest absolute Gasteiger partial charge is 0.361 e. The van der Waals surface area contributed by atoms with Crippen LogP contribution < -0.4 is 4.90 Å². The van der Waals surface area contributed by atoms with Crippen molar-refractivity contribution < 1.29 is 0 Å². The number of rotatable bonds is 3. The molecule has 0 saturated heterocycles. The molecule has 3 aromatic heterocycles. The highest BCUT2D eigenvalue weighted by atomic mass is 15.3. The van der Waals surface area contributed by atoms with Gasteiger partial charge in [0.2, 0.25) is 0 Å². The number of benzene rings is 1. The number of aromatic amines is 1. The third-order valence-corrected chi connectivity index (χ3v) is 4.71. The standard InChI is InChI=1S/C18H17N7/c1-2-4-13(5-3-1)10-16-21-22-17-12-24(8-9-25(16)17)15-6-7-19-18-14(15)11-20-23-18/h1-7,11H,8-10,12H2,(H,19,20,23). The highest BCUT2D eigenvalue weighted by Gasteiger charge is 2.22. The van der Waals surface area contributed by atoms with Gasteiger partial charge in [0.1, 0.15) is 5.82 Å². The molecule has 124 valence electrons. The van der Waals surface area contributed by atoms with Crippen LogP contribution in [0.1, 0.15) is 17.2 Å². The normalized spacial score (nSPS) is 14.0. The molecule has 1 aliphatic heterocycles. The van der Waals surface area contributed by atoms with E-state index in [-0.39, 0.29) is 0 Å². The summed E-state index contributed by atoms with van der Waals surface area (Å²) in [5.74, 6) is 2.04. The highest BCUT2D eigenvalue weighted by molar-refractivity contribution is 5.88. The Kier molecular flexibility index (Phi) is 3.22. The number of fused-ring (bicyclic) bond motifs is 2. The third kappa shape index (κ3) is 2.44. The number of hydrogen-bond acceptors (Lipinski definition) is 5. The Morgan fingerprint density at radius 3 is 2.88 bits per heavy atom. The number of hydrogen-bond donors (Lipinski definition) is 1. The van der Waals surface area contributed by atoms with Crippen LogP contribution in [0.5, 0.6) is 0 Å². The van der Waals surface area contributed by atoms with Gasteiger partial charge < -0.3 is 9.47 Å². The minimum atomic E-state index is 0.742. The lowest BCUT2D eigenvalue weighted by atomic mass is 10.1. The molecule has 0 radical (unpaired) electrons. The Labute approximate surface area is 144 Å². The fourth-order valence-electron chi connectivity index (χ4n) is 3.45. The number of pyridine rings is 1. The van der Waals surface area contributed by atoms with Crippen molar-refractivity contribution in [1.29, 1.82) is 0 Å². The van der Waals surface area contributed by atoms with E-state index in [4.69, 9.17) is 0 Å². The smallest absolute Gasteiger partial charge is 0.157 e. The molecule has 25 heavy (non-hydrogen) atoms. The lowest BCUT2D eigenvalue weighted by Crippen LogP contribution is -2.34. The fraction of sp³-hybridized carbons (Fsp3) is 0.222. The molecule has 4 aromatic rings. The molecule has 0 bridgehead atoms. The van der Waals surface area contributed by atoms with Crippen molar-refractivity contribution >= 4 is 16.7 Å². The molecule has 4 heterocycles. The maximum absolute atomic E-state index is 4.43. The average Bonchev–Trinajstić information content (AvgIpc) is 3.29. The molecule has 0 spiro atoms. The molecule has 0 unspecified atom stereocenters. The molecule has 5 rings (SSSR count). The van der Waals surface area contributed by atoms with Gasteiger partial charge in [-0.2, -0.15) is 5.10 Å². The quantitative estimate of drug-likeness (QED) is 0.622. The molecular formula is C18H17N7. The Balaban J connectivity index is 1.43. The zero-order valence-electron chi connectivity index (χ0n) is 13.6. The van der Waals surface area contributed by atoms with Gasteiger partial charge in [-0.05, 0) is 11.6 Å². The van der Waals surface area contributed by atoms with Gasteiger partial charge in [-0.25, -0.2) is 4.98 Å². The first-order valence-corrected chi connectivity index (χ1v) is 8.36. The van der Waals surface area contributed by atoms with Crippen LogP contribution in [0, 0.1) is 0 Å². The van der Waals surface area contributed by atoms with Crippen LogP contribution in [0.2, 0.25) is 0 Å². The van der Waals surface area contributed by atoms with E-state index in [0.717, 1.165) is 54.4 Å². The molecule has 1 aromatic carbocycles. The van der Waals surface area contributed by atoms with Crippen molar-refractivity contribution in [2.45, 2.75) is 19.5 Å². The van der Waals surface area contributed by atoms with Gasteiger partial charge >= 0.3 is 0 Å².